The van der Waals surface area contributed by atoms with Crippen LogP contribution in [0.3, 0.4) is 0 Å². The average Bonchev–Trinajstić information content (AvgIpc) is 3.05. The summed E-state index contributed by atoms with van der Waals surface area (Å²) in [6, 6.07) is 5.72. The van der Waals surface area contributed by atoms with Crippen LogP contribution >= 0.6 is 0 Å². The minimum Gasteiger partial charge on any atom is -0.454 e. The van der Waals surface area contributed by atoms with Gasteiger partial charge in [0.1, 0.15) is 0 Å². The first-order chi connectivity index (χ1) is 9.69. The van der Waals surface area contributed by atoms with Crippen LogP contribution in [0.2, 0.25) is 0 Å². The number of benzene rings is 1. The van der Waals surface area contributed by atoms with Crippen LogP contribution in [-0.2, 0) is 11.8 Å². The van der Waals surface area contributed by atoms with Crippen LogP contribution in [-0.4, -0.2) is 22.3 Å². The lowest BCUT2D eigenvalue weighted by Gasteiger charge is -2.07. The van der Waals surface area contributed by atoms with Crippen LogP contribution in [0.25, 0.3) is 11.3 Å². The van der Waals surface area contributed by atoms with Gasteiger partial charge >= 0.3 is 0 Å². The normalized spacial score (nSPS) is 12.5. The van der Waals surface area contributed by atoms with Gasteiger partial charge in [-0.2, -0.15) is 0 Å². The van der Waals surface area contributed by atoms with Crippen molar-refractivity contribution in [3.8, 4) is 22.8 Å². The van der Waals surface area contributed by atoms with E-state index >= 15 is 0 Å². The molecule has 2 aromatic rings. The summed E-state index contributed by atoms with van der Waals surface area (Å²) >= 11 is 0. The Bertz CT molecular complexity index is 664. The number of amides is 1. The minimum absolute atomic E-state index is 0.0593. The van der Waals surface area contributed by atoms with E-state index in [9.17, 15) is 4.79 Å². The third kappa shape index (κ3) is 2.09. The molecule has 104 valence electrons. The van der Waals surface area contributed by atoms with Gasteiger partial charge in [0.15, 0.2) is 11.5 Å². The van der Waals surface area contributed by atoms with Crippen molar-refractivity contribution in [3.05, 3.63) is 24.4 Å². The molecule has 1 aromatic carbocycles. The number of fused-ring (bicyclic) bond motifs is 1. The molecule has 0 bridgehead atoms. The quantitative estimate of drug-likeness (QED) is 0.930. The average molecular weight is 273 g/mol. The Morgan fingerprint density at radius 2 is 2.20 bits per heavy atom. The maximum Gasteiger partial charge on any atom is 0.231 e. The molecule has 1 N–H and O–H groups in total. The second kappa shape index (κ2) is 4.88. The van der Waals surface area contributed by atoms with Gasteiger partial charge in [0.2, 0.25) is 18.6 Å². The molecule has 0 saturated carbocycles. The van der Waals surface area contributed by atoms with Crippen molar-refractivity contribution in [1.82, 2.24) is 9.55 Å². The van der Waals surface area contributed by atoms with Crippen LogP contribution in [0.5, 0.6) is 11.5 Å². The molecule has 6 nitrogen and oxygen atoms in total. The fourth-order valence-corrected chi connectivity index (χ4v) is 2.06. The number of carbonyl (C=O) groups is 1. The SMILES string of the molecule is CCC(=O)Nc1ncc(-c2ccc3c(c2)OCO3)n1C. The monoisotopic (exact) mass is 273 g/mol. The molecule has 0 radical (unpaired) electrons. The number of carbonyl (C=O) groups excluding carboxylic acids is 1. The summed E-state index contributed by atoms with van der Waals surface area (Å²) in [4.78, 5) is 15.7. The Morgan fingerprint density at radius 3 is 3.00 bits per heavy atom. The summed E-state index contributed by atoms with van der Waals surface area (Å²) in [6.07, 6.45) is 2.15. The predicted octanol–water partition coefficient (Wildman–Crippen LogP) is 2.16. The molecule has 1 aliphatic heterocycles. The van der Waals surface area contributed by atoms with Crippen LogP contribution in [0, 0.1) is 0 Å². The highest BCUT2D eigenvalue weighted by Gasteiger charge is 2.16. The topological polar surface area (TPSA) is 65.4 Å². The highest BCUT2D eigenvalue weighted by atomic mass is 16.7. The van der Waals surface area contributed by atoms with E-state index < -0.39 is 0 Å². The van der Waals surface area contributed by atoms with E-state index in [4.69, 9.17) is 9.47 Å². The molecule has 1 aromatic heterocycles. The Hall–Kier alpha value is -2.50. The van der Waals surface area contributed by atoms with Gasteiger partial charge in [-0.15, -0.1) is 0 Å². The third-order valence-corrected chi connectivity index (χ3v) is 3.23. The smallest absolute Gasteiger partial charge is 0.231 e. The second-order valence-corrected chi connectivity index (χ2v) is 4.50. The summed E-state index contributed by atoms with van der Waals surface area (Å²) in [7, 11) is 1.86. The van der Waals surface area contributed by atoms with Crippen LogP contribution < -0.4 is 14.8 Å². The maximum absolute atomic E-state index is 11.4. The highest BCUT2D eigenvalue weighted by molar-refractivity contribution is 5.89. The Morgan fingerprint density at radius 1 is 1.40 bits per heavy atom. The number of hydrogen-bond donors (Lipinski definition) is 1. The second-order valence-electron chi connectivity index (χ2n) is 4.50. The number of rotatable bonds is 3. The van der Waals surface area contributed by atoms with Gasteiger partial charge in [0.05, 0.1) is 11.9 Å². The van der Waals surface area contributed by atoms with E-state index in [1.54, 1.807) is 13.1 Å². The van der Waals surface area contributed by atoms with Gasteiger partial charge < -0.3 is 14.0 Å². The standard InChI is InChI=1S/C14H15N3O3/c1-3-13(18)16-14-15-7-10(17(14)2)9-4-5-11-12(6-9)20-8-19-11/h4-7H,3,8H2,1-2H3,(H,15,16,18). The molecule has 3 rings (SSSR count). The Labute approximate surface area is 116 Å². The number of hydrogen-bond acceptors (Lipinski definition) is 4. The summed E-state index contributed by atoms with van der Waals surface area (Å²) in [5.74, 6) is 1.94. The van der Waals surface area contributed by atoms with Crippen molar-refractivity contribution >= 4 is 11.9 Å². The van der Waals surface area contributed by atoms with E-state index in [1.807, 2.05) is 29.8 Å². The lowest BCUT2D eigenvalue weighted by atomic mass is 10.1. The Kier molecular flexibility index (Phi) is 3.06. The van der Waals surface area contributed by atoms with Crippen LogP contribution in [0.4, 0.5) is 5.95 Å². The van der Waals surface area contributed by atoms with E-state index in [0.29, 0.717) is 12.4 Å². The zero-order chi connectivity index (χ0) is 14.1. The molecule has 2 heterocycles. The van der Waals surface area contributed by atoms with Crippen molar-refractivity contribution in [2.75, 3.05) is 12.1 Å². The van der Waals surface area contributed by atoms with Gasteiger partial charge in [-0.3, -0.25) is 10.1 Å². The van der Waals surface area contributed by atoms with E-state index in [-0.39, 0.29) is 12.7 Å². The van der Waals surface area contributed by atoms with Gasteiger partial charge in [-0.05, 0) is 18.2 Å². The number of ether oxygens (including phenoxy) is 2. The van der Waals surface area contributed by atoms with Crippen molar-refractivity contribution < 1.29 is 14.3 Å². The first kappa shape index (κ1) is 12.5. The number of nitrogens with one attached hydrogen (secondary N) is 1. The van der Waals surface area contributed by atoms with Crippen molar-refractivity contribution in [1.29, 1.82) is 0 Å². The molecule has 0 saturated heterocycles. The molecule has 0 aliphatic carbocycles. The van der Waals surface area contributed by atoms with Crippen molar-refractivity contribution in [3.63, 3.8) is 0 Å². The lowest BCUT2D eigenvalue weighted by molar-refractivity contribution is -0.115. The molecular formula is C14H15N3O3. The van der Waals surface area contributed by atoms with E-state index in [2.05, 4.69) is 10.3 Å². The molecule has 0 fully saturated rings. The predicted molar refractivity (Wildman–Crippen MR) is 73.7 cm³/mol. The van der Waals surface area contributed by atoms with Gasteiger partial charge in [-0.1, -0.05) is 6.92 Å². The number of imidazole rings is 1. The molecule has 1 amide bonds. The third-order valence-electron chi connectivity index (χ3n) is 3.23. The van der Waals surface area contributed by atoms with E-state index in [0.717, 1.165) is 22.8 Å². The largest absolute Gasteiger partial charge is 0.454 e. The molecule has 20 heavy (non-hydrogen) atoms. The number of nitrogens with zero attached hydrogens (tertiary/aromatic N) is 2. The molecule has 0 atom stereocenters. The van der Waals surface area contributed by atoms with Gasteiger partial charge in [0, 0.05) is 19.0 Å². The number of anilines is 1. The fourth-order valence-electron chi connectivity index (χ4n) is 2.06. The number of aromatic nitrogens is 2. The summed E-state index contributed by atoms with van der Waals surface area (Å²) in [5, 5.41) is 2.76. The van der Waals surface area contributed by atoms with Gasteiger partial charge in [-0.25, -0.2) is 4.98 Å². The van der Waals surface area contributed by atoms with Gasteiger partial charge in [0.25, 0.3) is 0 Å². The minimum atomic E-state index is -0.0593. The van der Waals surface area contributed by atoms with Crippen molar-refractivity contribution in [2.24, 2.45) is 7.05 Å². The Balaban J connectivity index is 1.93. The summed E-state index contributed by atoms with van der Waals surface area (Å²) in [6.45, 7) is 2.05. The molecule has 0 unspecified atom stereocenters. The van der Waals surface area contributed by atoms with Crippen molar-refractivity contribution in [2.45, 2.75) is 13.3 Å². The molecular weight excluding hydrogens is 258 g/mol. The molecule has 1 aliphatic rings. The fraction of sp³-hybridized carbons (Fsp3) is 0.286. The summed E-state index contributed by atoms with van der Waals surface area (Å²) < 4.78 is 12.5. The zero-order valence-corrected chi connectivity index (χ0v) is 11.3. The van der Waals surface area contributed by atoms with Crippen LogP contribution in [0.1, 0.15) is 13.3 Å². The molecule has 0 spiro atoms. The first-order valence-electron chi connectivity index (χ1n) is 6.40. The first-order valence-corrected chi connectivity index (χ1v) is 6.40. The van der Waals surface area contributed by atoms with Crippen LogP contribution in [0.15, 0.2) is 24.4 Å². The molecule has 6 heteroatoms. The summed E-state index contributed by atoms with van der Waals surface area (Å²) in [5.41, 5.74) is 1.86. The zero-order valence-electron chi connectivity index (χ0n) is 11.3. The maximum atomic E-state index is 11.4. The lowest BCUT2D eigenvalue weighted by Crippen LogP contribution is -2.13. The highest BCUT2D eigenvalue weighted by Crippen LogP contribution is 2.36. The van der Waals surface area contributed by atoms with E-state index in [1.165, 1.54) is 0 Å².